The van der Waals surface area contributed by atoms with Crippen molar-refractivity contribution in [2.75, 3.05) is 77.5 Å². The van der Waals surface area contributed by atoms with Crippen LogP contribution in [0.25, 0.3) is 11.4 Å². The summed E-state index contributed by atoms with van der Waals surface area (Å²) in [6.45, 7) is 12.9. The van der Waals surface area contributed by atoms with Gasteiger partial charge in [-0.25, -0.2) is 14.8 Å². The van der Waals surface area contributed by atoms with Crippen LogP contribution in [0.2, 0.25) is 0 Å². The zero-order valence-electron chi connectivity index (χ0n) is 27.8. The third-order valence-corrected chi connectivity index (χ3v) is 7.61. The van der Waals surface area contributed by atoms with E-state index in [0.717, 1.165) is 25.2 Å². The van der Waals surface area contributed by atoms with Crippen molar-refractivity contribution in [3.63, 3.8) is 0 Å². The Morgan fingerprint density at radius 1 is 0.957 bits per heavy atom. The molecular formula is C33H47N7O7. The average molecular weight is 654 g/mol. The maximum atomic E-state index is 13.8. The fourth-order valence-electron chi connectivity index (χ4n) is 5.23. The van der Waals surface area contributed by atoms with Crippen molar-refractivity contribution >= 4 is 29.7 Å². The number of benzene rings is 1. The van der Waals surface area contributed by atoms with E-state index in [4.69, 9.17) is 14.2 Å². The predicted molar refractivity (Wildman–Crippen MR) is 175 cm³/mol. The summed E-state index contributed by atoms with van der Waals surface area (Å²) in [6, 6.07) is 9.87. The van der Waals surface area contributed by atoms with E-state index in [1.54, 1.807) is 43.6 Å². The topological polar surface area (TPSA) is 156 Å². The molecule has 3 heterocycles. The zero-order valence-corrected chi connectivity index (χ0v) is 27.8. The number of nitrogens with zero attached hydrogens (tertiary/aromatic N) is 5. The summed E-state index contributed by atoms with van der Waals surface area (Å²) < 4.78 is 16.0. The summed E-state index contributed by atoms with van der Waals surface area (Å²) in [7, 11) is 0. The normalized spacial score (nSPS) is 16.3. The third kappa shape index (κ3) is 11.2. The van der Waals surface area contributed by atoms with Crippen molar-refractivity contribution < 1.29 is 33.4 Å². The number of rotatable bonds is 12. The molecule has 1 aromatic carbocycles. The van der Waals surface area contributed by atoms with Crippen LogP contribution in [0.4, 0.5) is 10.6 Å². The van der Waals surface area contributed by atoms with E-state index in [0.29, 0.717) is 44.5 Å². The van der Waals surface area contributed by atoms with Crippen LogP contribution in [0.3, 0.4) is 0 Å². The summed E-state index contributed by atoms with van der Waals surface area (Å²) in [4.78, 5) is 67.0. The summed E-state index contributed by atoms with van der Waals surface area (Å²) in [5.74, 6) is -0.570. The quantitative estimate of drug-likeness (QED) is 0.325. The number of aromatic nitrogens is 2. The van der Waals surface area contributed by atoms with Crippen LogP contribution in [0.1, 0.15) is 51.0 Å². The number of anilines is 1. The minimum atomic E-state index is -1.03. The molecule has 0 unspecified atom stereocenters. The largest absolute Gasteiger partial charge is 0.460 e. The Bertz CT molecular complexity index is 1350. The van der Waals surface area contributed by atoms with Gasteiger partial charge in [0, 0.05) is 70.4 Å². The van der Waals surface area contributed by atoms with Gasteiger partial charge in [0.15, 0.2) is 5.82 Å². The highest BCUT2D eigenvalue weighted by atomic mass is 16.6. The Labute approximate surface area is 276 Å². The van der Waals surface area contributed by atoms with Crippen LogP contribution in [0.5, 0.6) is 0 Å². The van der Waals surface area contributed by atoms with Crippen molar-refractivity contribution in [2.45, 2.75) is 52.2 Å². The molecule has 2 N–H and O–H groups in total. The first kappa shape index (κ1) is 35.6. The van der Waals surface area contributed by atoms with Crippen LogP contribution in [-0.4, -0.2) is 132 Å². The summed E-state index contributed by atoms with van der Waals surface area (Å²) >= 11 is 0. The monoisotopic (exact) mass is 653 g/mol. The molecule has 2 saturated heterocycles. The van der Waals surface area contributed by atoms with E-state index in [1.807, 2.05) is 30.3 Å². The standard InChI is InChI=1S/C33H47N7O7/c1-5-46-32(44)40-17-15-39(16-18-40)31(43)25(11-12-28(41)47-33(2,3)4)36-30(42)26-23-27(34-13-14-38-19-21-45-22-20-38)37-29(35-26)24-9-7-6-8-10-24/h6-10,23,25H,5,11-22H2,1-4H3,(H,36,42)(H,34,35,37)/t25-/m0/s1. The number of piperazine rings is 1. The Kier molecular flexibility index (Phi) is 12.9. The summed E-state index contributed by atoms with van der Waals surface area (Å²) in [6.07, 6.45) is -0.482. The summed E-state index contributed by atoms with van der Waals surface area (Å²) in [5, 5.41) is 6.15. The van der Waals surface area contributed by atoms with Crippen LogP contribution >= 0.6 is 0 Å². The van der Waals surface area contributed by atoms with E-state index in [9.17, 15) is 19.2 Å². The number of hydrogen-bond donors (Lipinski definition) is 2. The van der Waals surface area contributed by atoms with Gasteiger partial charge in [-0.2, -0.15) is 0 Å². The maximum Gasteiger partial charge on any atom is 0.409 e. The van der Waals surface area contributed by atoms with Crippen molar-refractivity contribution in [1.82, 2.24) is 30.0 Å². The second-order valence-electron chi connectivity index (χ2n) is 12.4. The zero-order chi connectivity index (χ0) is 33.8. The Hall–Kier alpha value is -4.30. The van der Waals surface area contributed by atoms with Crippen molar-refractivity contribution in [3.05, 3.63) is 42.1 Å². The Morgan fingerprint density at radius 3 is 2.30 bits per heavy atom. The first-order chi connectivity index (χ1) is 22.5. The smallest absolute Gasteiger partial charge is 0.409 e. The third-order valence-electron chi connectivity index (χ3n) is 7.61. The Balaban J connectivity index is 1.51. The first-order valence-corrected chi connectivity index (χ1v) is 16.2. The number of ether oxygens (including phenoxy) is 3. The molecule has 0 radical (unpaired) electrons. The van der Waals surface area contributed by atoms with Crippen molar-refractivity contribution in [2.24, 2.45) is 0 Å². The number of nitrogens with one attached hydrogen (secondary N) is 2. The molecule has 256 valence electrons. The SMILES string of the molecule is CCOC(=O)N1CCN(C(=O)[C@H](CCC(=O)OC(C)(C)C)NC(=O)c2cc(NCCN3CCOCC3)nc(-c3ccccc3)n2)CC1. The molecule has 3 amide bonds. The lowest BCUT2D eigenvalue weighted by Gasteiger charge is -2.36. The van der Waals surface area contributed by atoms with Crippen LogP contribution < -0.4 is 10.6 Å². The van der Waals surface area contributed by atoms with Gasteiger partial charge in [-0.3, -0.25) is 19.3 Å². The van der Waals surface area contributed by atoms with E-state index >= 15 is 0 Å². The molecule has 1 aromatic heterocycles. The lowest BCUT2D eigenvalue weighted by Crippen LogP contribution is -2.56. The highest BCUT2D eigenvalue weighted by Gasteiger charge is 2.32. The molecule has 0 aliphatic carbocycles. The minimum absolute atomic E-state index is 0.0266. The number of hydrogen-bond acceptors (Lipinski definition) is 11. The number of morpholine rings is 1. The molecule has 2 fully saturated rings. The fraction of sp³-hybridized carbons (Fsp3) is 0.576. The first-order valence-electron chi connectivity index (χ1n) is 16.2. The van der Waals surface area contributed by atoms with Gasteiger partial charge in [0.25, 0.3) is 5.91 Å². The van der Waals surface area contributed by atoms with Gasteiger partial charge in [-0.1, -0.05) is 30.3 Å². The molecule has 0 spiro atoms. The Morgan fingerprint density at radius 2 is 1.64 bits per heavy atom. The lowest BCUT2D eigenvalue weighted by atomic mass is 10.1. The number of amides is 3. The van der Waals surface area contributed by atoms with Crippen LogP contribution in [-0.2, 0) is 23.8 Å². The van der Waals surface area contributed by atoms with E-state index < -0.39 is 29.6 Å². The molecule has 14 nitrogen and oxygen atoms in total. The van der Waals surface area contributed by atoms with Gasteiger partial charge in [-0.05, 0) is 34.1 Å². The second-order valence-corrected chi connectivity index (χ2v) is 12.4. The van der Waals surface area contributed by atoms with Crippen molar-refractivity contribution in [1.29, 1.82) is 0 Å². The van der Waals surface area contributed by atoms with Gasteiger partial charge in [-0.15, -0.1) is 0 Å². The molecule has 2 aliphatic heterocycles. The highest BCUT2D eigenvalue weighted by Crippen LogP contribution is 2.19. The second kappa shape index (κ2) is 17.0. The minimum Gasteiger partial charge on any atom is -0.460 e. The maximum absolute atomic E-state index is 13.8. The molecule has 2 aliphatic rings. The van der Waals surface area contributed by atoms with Crippen molar-refractivity contribution in [3.8, 4) is 11.4 Å². The number of esters is 1. The van der Waals surface area contributed by atoms with Crippen LogP contribution in [0.15, 0.2) is 36.4 Å². The highest BCUT2D eigenvalue weighted by molar-refractivity contribution is 5.97. The molecule has 0 bridgehead atoms. The number of carbonyl (C=O) groups is 4. The van der Waals surface area contributed by atoms with Gasteiger partial charge in [0.1, 0.15) is 23.2 Å². The van der Waals surface area contributed by atoms with E-state index in [-0.39, 0.29) is 44.1 Å². The van der Waals surface area contributed by atoms with E-state index in [2.05, 4.69) is 25.5 Å². The van der Waals surface area contributed by atoms with Gasteiger partial charge >= 0.3 is 12.1 Å². The molecule has 1 atom stereocenters. The number of carbonyl (C=O) groups excluding carboxylic acids is 4. The van der Waals surface area contributed by atoms with Gasteiger partial charge < -0.3 is 34.6 Å². The molecule has 0 saturated carbocycles. The summed E-state index contributed by atoms with van der Waals surface area (Å²) in [5.41, 5.74) is 0.119. The van der Waals surface area contributed by atoms with Gasteiger partial charge in [0.2, 0.25) is 5.91 Å². The fourth-order valence-corrected chi connectivity index (χ4v) is 5.23. The molecular weight excluding hydrogens is 606 g/mol. The molecule has 2 aromatic rings. The lowest BCUT2D eigenvalue weighted by molar-refractivity contribution is -0.155. The molecule has 47 heavy (non-hydrogen) atoms. The predicted octanol–water partition coefficient (Wildman–Crippen LogP) is 2.41. The molecule has 4 rings (SSSR count). The van der Waals surface area contributed by atoms with E-state index in [1.165, 1.54) is 0 Å². The van der Waals surface area contributed by atoms with Gasteiger partial charge in [0.05, 0.1) is 19.8 Å². The molecule has 14 heteroatoms. The average Bonchev–Trinajstić information content (AvgIpc) is 3.06. The van der Waals surface area contributed by atoms with Crippen LogP contribution in [0, 0.1) is 0 Å².